The van der Waals surface area contributed by atoms with E-state index in [1.807, 2.05) is 13.8 Å². The molecular weight excluding hydrogens is 246 g/mol. The Morgan fingerprint density at radius 1 is 1.37 bits per heavy atom. The van der Waals surface area contributed by atoms with Crippen LogP contribution < -0.4 is 4.74 Å². The first-order valence-electron chi connectivity index (χ1n) is 6.26. The number of carbonyl (C=O) groups excluding carboxylic acids is 1. The number of hydrogen-bond acceptors (Lipinski definition) is 4. The third-order valence-corrected chi connectivity index (χ3v) is 2.73. The molecule has 0 spiro atoms. The molecule has 0 atom stereocenters. The molecule has 5 nitrogen and oxygen atoms in total. The van der Waals surface area contributed by atoms with Gasteiger partial charge in [-0.2, -0.15) is 0 Å². The summed E-state index contributed by atoms with van der Waals surface area (Å²) < 4.78 is 5.03. The van der Waals surface area contributed by atoms with Crippen LogP contribution in [0.15, 0.2) is 18.2 Å². The summed E-state index contributed by atoms with van der Waals surface area (Å²) in [5.74, 6) is 0.966. The van der Waals surface area contributed by atoms with Crippen LogP contribution in [-0.4, -0.2) is 17.8 Å². The van der Waals surface area contributed by atoms with Crippen molar-refractivity contribution in [3.05, 3.63) is 33.9 Å². The van der Waals surface area contributed by atoms with Crippen LogP contribution in [0, 0.1) is 16.0 Å². The van der Waals surface area contributed by atoms with E-state index >= 15 is 0 Å². The fourth-order valence-electron chi connectivity index (χ4n) is 1.85. The Bertz CT molecular complexity index is 469. The summed E-state index contributed by atoms with van der Waals surface area (Å²) in [5.41, 5.74) is 0.744. The van der Waals surface area contributed by atoms with Crippen molar-refractivity contribution in [1.82, 2.24) is 0 Å². The predicted molar refractivity (Wildman–Crippen MR) is 72.4 cm³/mol. The average molecular weight is 265 g/mol. The lowest BCUT2D eigenvalue weighted by Gasteiger charge is -2.06. The number of hydrogen-bond donors (Lipinski definition) is 0. The van der Waals surface area contributed by atoms with Gasteiger partial charge in [0, 0.05) is 18.9 Å². The molecule has 0 unspecified atom stereocenters. The lowest BCUT2D eigenvalue weighted by atomic mass is 10.0. The number of nitro groups is 1. The minimum absolute atomic E-state index is 0.00865. The van der Waals surface area contributed by atoms with E-state index in [2.05, 4.69) is 0 Å². The number of nitro benzene ring substituents is 1. The summed E-state index contributed by atoms with van der Waals surface area (Å²) in [6.45, 7) is 3.99. The molecule has 0 aliphatic carbocycles. The van der Waals surface area contributed by atoms with Gasteiger partial charge in [-0.25, -0.2) is 0 Å². The highest BCUT2D eigenvalue weighted by Gasteiger charge is 2.12. The van der Waals surface area contributed by atoms with Gasteiger partial charge in [0.1, 0.15) is 11.5 Å². The molecule has 0 amide bonds. The van der Waals surface area contributed by atoms with Gasteiger partial charge in [0.2, 0.25) is 0 Å². The van der Waals surface area contributed by atoms with Crippen LogP contribution in [0.2, 0.25) is 0 Å². The Hall–Kier alpha value is -1.91. The van der Waals surface area contributed by atoms with E-state index in [0.717, 1.165) is 5.56 Å². The van der Waals surface area contributed by atoms with Crippen LogP contribution in [0.4, 0.5) is 5.69 Å². The molecule has 1 rings (SSSR count). The molecule has 0 aliphatic heterocycles. The zero-order chi connectivity index (χ0) is 14.4. The standard InChI is InChI=1S/C14H19NO4/c1-10(2)6-13(16)5-4-11-7-12(15(17)18)9-14(8-11)19-3/h7-10H,4-6H2,1-3H3. The summed E-state index contributed by atoms with van der Waals surface area (Å²) in [6.07, 6.45) is 1.46. The first-order chi connectivity index (χ1) is 8.92. The van der Waals surface area contributed by atoms with Crippen molar-refractivity contribution in [3.63, 3.8) is 0 Å². The lowest BCUT2D eigenvalue weighted by Crippen LogP contribution is -2.04. The molecule has 0 heterocycles. The van der Waals surface area contributed by atoms with Gasteiger partial charge in [-0.05, 0) is 24.0 Å². The SMILES string of the molecule is COc1cc(CCC(=O)CC(C)C)cc([N+](=O)[O-])c1. The number of benzene rings is 1. The van der Waals surface area contributed by atoms with Crippen molar-refractivity contribution in [2.24, 2.45) is 5.92 Å². The first-order valence-corrected chi connectivity index (χ1v) is 6.26. The smallest absolute Gasteiger partial charge is 0.273 e. The fraction of sp³-hybridized carbons (Fsp3) is 0.500. The maximum Gasteiger partial charge on any atom is 0.273 e. The topological polar surface area (TPSA) is 69.4 Å². The van der Waals surface area contributed by atoms with E-state index in [0.29, 0.717) is 30.9 Å². The van der Waals surface area contributed by atoms with Crippen LogP contribution in [-0.2, 0) is 11.2 Å². The van der Waals surface area contributed by atoms with Crippen LogP contribution >= 0.6 is 0 Å². The minimum Gasteiger partial charge on any atom is -0.496 e. The van der Waals surface area contributed by atoms with Crippen LogP contribution in [0.5, 0.6) is 5.75 Å². The molecule has 0 fully saturated rings. The normalized spacial score (nSPS) is 10.5. The Labute approximate surface area is 112 Å². The number of methoxy groups -OCH3 is 1. The number of aryl methyl sites for hydroxylation is 1. The molecule has 0 aliphatic rings. The molecule has 19 heavy (non-hydrogen) atoms. The Morgan fingerprint density at radius 2 is 2.05 bits per heavy atom. The predicted octanol–water partition coefficient (Wildman–Crippen LogP) is 3.15. The number of ether oxygens (including phenoxy) is 1. The number of nitrogens with zero attached hydrogens (tertiary/aromatic N) is 1. The van der Waals surface area contributed by atoms with Gasteiger partial charge in [-0.3, -0.25) is 14.9 Å². The zero-order valence-electron chi connectivity index (χ0n) is 11.5. The second-order valence-corrected chi connectivity index (χ2v) is 4.93. The monoisotopic (exact) mass is 265 g/mol. The van der Waals surface area contributed by atoms with Crippen molar-refractivity contribution in [2.45, 2.75) is 33.1 Å². The quantitative estimate of drug-likeness (QED) is 0.561. The summed E-state index contributed by atoms with van der Waals surface area (Å²) in [7, 11) is 1.47. The molecule has 1 aromatic rings. The number of Topliss-reactive ketones (excluding diaryl/α,β-unsaturated/α-hetero) is 1. The number of ketones is 1. The van der Waals surface area contributed by atoms with Crippen LogP contribution in [0.25, 0.3) is 0 Å². The van der Waals surface area contributed by atoms with Gasteiger partial charge < -0.3 is 4.74 Å². The van der Waals surface area contributed by atoms with Crippen molar-refractivity contribution < 1.29 is 14.5 Å². The van der Waals surface area contributed by atoms with E-state index < -0.39 is 4.92 Å². The highest BCUT2D eigenvalue weighted by atomic mass is 16.6. The van der Waals surface area contributed by atoms with Crippen molar-refractivity contribution in [1.29, 1.82) is 0 Å². The van der Waals surface area contributed by atoms with Gasteiger partial charge in [-0.15, -0.1) is 0 Å². The third kappa shape index (κ3) is 5.07. The largest absolute Gasteiger partial charge is 0.496 e. The summed E-state index contributed by atoms with van der Waals surface area (Å²) in [5, 5.41) is 10.8. The molecule has 1 aromatic carbocycles. The van der Waals surface area contributed by atoms with E-state index in [4.69, 9.17) is 4.74 Å². The van der Waals surface area contributed by atoms with Crippen molar-refractivity contribution in [2.75, 3.05) is 7.11 Å². The van der Waals surface area contributed by atoms with Gasteiger partial charge in [0.05, 0.1) is 18.1 Å². The van der Waals surface area contributed by atoms with Gasteiger partial charge in [0.15, 0.2) is 0 Å². The molecule has 0 radical (unpaired) electrons. The summed E-state index contributed by atoms with van der Waals surface area (Å²) >= 11 is 0. The molecule has 104 valence electrons. The minimum atomic E-state index is -0.456. The van der Waals surface area contributed by atoms with Gasteiger partial charge in [-0.1, -0.05) is 13.8 Å². The molecular formula is C14H19NO4. The van der Waals surface area contributed by atoms with E-state index in [1.54, 1.807) is 6.07 Å². The zero-order valence-corrected chi connectivity index (χ0v) is 11.5. The second kappa shape index (κ2) is 6.87. The highest BCUT2D eigenvalue weighted by molar-refractivity contribution is 5.78. The first kappa shape index (κ1) is 15.1. The Balaban J connectivity index is 2.75. The van der Waals surface area contributed by atoms with Gasteiger partial charge >= 0.3 is 0 Å². The fourth-order valence-corrected chi connectivity index (χ4v) is 1.85. The second-order valence-electron chi connectivity index (χ2n) is 4.93. The summed E-state index contributed by atoms with van der Waals surface area (Å²) in [4.78, 5) is 22.0. The van der Waals surface area contributed by atoms with E-state index in [1.165, 1.54) is 19.2 Å². The molecule has 0 saturated heterocycles. The number of carbonyl (C=O) groups is 1. The molecule has 5 heteroatoms. The van der Waals surface area contributed by atoms with Crippen molar-refractivity contribution in [3.8, 4) is 5.75 Å². The average Bonchev–Trinajstić information content (AvgIpc) is 2.35. The van der Waals surface area contributed by atoms with E-state index in [9.17, 15) is 14.9 Å². The van der Waals surface area contributed by atoms with Gasteiger partial charge in [0.25, 0.3) is 5.69 Å². The highest BCUT2D eigenvalue weighted by Crippen LogP contribution is 2.23. The Morgan fingerprint density at radius 3 is 2.58 bits per heavy atom. The van der Waals surface area contributed by atoms with Crippen LogP contribution in [0.3, 0.4) is 0 Å². The van der Waals surface area contributed by atoms with Crippen LogP contribution in [0.1, 0.15) is 32.3 Å². The third-order valence-electron chi connectivity index (χ3n) is 2.73. The number of non-ortho nitro benzene ring substituents is 1. The summed E-state index contributed by atoms with van der Waals surface area (Å²) in [6, 6.07) is 4.60. The van der Waals surface area contributed by atoms with Crippen molar-refractivity contribution >= 4 is 11.5 Å². The molecule has 0 bridgehead atoms. The van der Waals surface area contributed by atoms with E-state index in [-0.39, 0.29) is 11.5 Å². The molecule has 0 aromatic heterocycles. The lowest BCUT2D eigenvalue weighted by molar-refractivity contribution is -0.385. The maximum atomic E-state index is 11.6. The Kier molecular flexibility index (Phi) is 5.48. The maximum absolute atomic E-state index is 11.6. The number of rotatable bonds is 7. The molecule has 0 N–H and O–H groups in total. The molecule has 0 saturated carbocycles.